The average Bonchev–Trinajstić information content (AvgIpc) is 3.36. The molecule has 5 nitrogen and oxygen atoms in total. The van der Waals surface area contributed by atoms with Crippen molar-refractivity contribution in [1.82, 2.24) is 4.98 Å². The van der Waals surface area contributed by atoms with Crippen molar-refractivity contribution in [1.29, 1.82) is 0 Å². The van der Waals surface area contributed by atoms with Crippen LogP contribution in [-0.4, -0.2) is 21.1 Å². The molecule has 12 heteroatoms. The Bertz CT molecular complexity index is 1400. The summed E-state index contributed by atoms with van der Waals surface area (Å²) in [7, 11) is 0. The lowest BCUT2D eigenvalue weighted by Gasteiger charge is -2.10. The molecule has 1 aromatic heterocycles. The highest BCUT2D eigenvalue weighted by Crippen LogP contribution is 2.65. The van der Waals surface area contributed by atoms with E-state index in [1.807, 2.05) is 0 Å². The number of benzene rings is 2. The highest BCUT2D eigenvalue weighted by atomic mass is 35.5. The number of aromatic nitrogens is 1. The van der Waals surface area contributed by atoms with Gasteiger partial charge in [-0.1, -0.05) is 41.4 Å². The molecule has 1 aliphatic rings. The Hall–Kier alpha value is -2.42. The molecule has 0 radical (unpaired) electrons. The van der Waals surface area contributed by atoms with Crippen LogP contribution in [-0.2, 0) is 4.79 Å². The molecule has 2 aromatic carbocycles. The summed E-state index contributed by atoms with van der Waals surface area (Å²) in [4.78, 5) is 29.2. The summed E-state index contributed by atoms with van der Waals surface area (Å²) in [5.74, 6) is -4.94. The maximum absolute atomic E-state index is 13.9. The summed E-state index contributed by atoms with van der Waals surface area (Å²) in [5.41, 5.74) is 0.379. The zero-order chi connectivity index (χ0) is 26.4. The molecule has 0 unspecified atom stereocenters. The summed E-state index contributed by atoms with van der Waals surface area (Å²) in [6.45, 7) is 3.01. The summed E-state index contributed by atoms with van der Waals surface area (Å²) in [6.07, 6.45) is 0. The number of amides is 2. The number of halogens is 7. The molecule has 1 aliphatic carbocycles. The molecule has 0 spiro atoms. The first-order valence-electron chi connectivity index (χ1n) is 10.2. The second-order valence-corrected chi connectivity index (χ2v) is 10.6. The first-order chi connectivity index (χ1) is 16.9. The molecule has 36 heavy (non-hydrogen) atoms. The molecular formula is C24H14Cl5F2N3O2. The van der Waals surface area contributed by atoms with Crippen LogP contribution in [0.3, 0.4) is 0 Å². The third kappa shape index (κ3) is 5.45. The number of hydrogen-bond acceptors (Lipinski definition) is 3. The molecular weight excluding hydrogens is 578 g/mol. The second-order valence-electron chi connectivity index (χ2n) is 7.91. The third-order valence-electron chi connectivity index (χ3n) is 5.44. The number of nitrogens with zero attached hydrogens (tertiary/aromatic N) is 1. The standard InChI is InChI=1S/C24H14Cl5F2N3O2/c1-10(30)15-3-5-18(33-21(15)31)34-22(35)16-9-14(2-4-17(16)27)32-23(36)20-19(24(20,28)29)11-6-12(25)8-13(26)7-11/h2-9,19-20H,1H2,(H,32,36)(H,33,34,35)/t19-,20+/m0/s1. The molecule has 1 fully saturated rings. The van der Waals surface area contributed by atoms with Gasteiger partial charge in [0.25, 0.3) is 5.91 Å². The molecule has 4 rings (SSSR count). The summed E-state index contributed by atoms with van der Waals surface area (Å²) in [5, 5.41) is 5.84. The second kappa shape index (κ2) is 10.1. The van der Waals surface area contributed by atoms with Crippen LogP contribution in [0, 0.1) is 11.9 Å². The molecule has 1 heterocycles. The Morgan fingerprint density at radius 3 is 2.22 bits per heavy atom. The maximum atomic E-state index is 13.9. The molecule has 186 valence electrons. The van der Waals surface area contributed by atoms with E-state index in [-0.39, 0.29) is 22.1 Å². The Kier molecular flexibility index (Phi) is 7.51. The van der Waals surface area contributed by atoms with E-state index in [2.05, 4.69) is 22.2 Å². The number of hydrogen-bond donors (Lipinski definition) is 2. The van der Waals surface area contributed by atoms with E-state index in [1.165, 1.54) is 24.3 Å². The van der Waals surface area contributed by atoms with E-state index in [1.54, 1.807) is 18.2 Å². The average molecular weight is 592 g/mol. The van der Waals surface area contributed by atoms with Gasteiger partial charge in [-0.25, -0.2) is 9.37 Å². The Morgan fingerprint density at radius 1 is 0.944 bits per heavy atom. The fourth-order valence-corrected chi connectivity index (χ4v) is 5.28. The van der Waals surface area contributed by atoms with Crippen molar-refractivity contribution in [2.75, 3.05) is 10.6 Å². The monoisotopic (exact) mass is 589 g/mol. The van der Waals surface area contributed by atoms with Gasteiger partial charge in [-0.15, -0.1) is 23.2 Å². The highest BCUT2D eigenvalue weighted by molar-refractivity contribution is 6.53. The van der Waals surface area contributed by atoms with Crippen LogP contribution in [0.25, 0.3) is 5.83 Å². The van der Waals surface area contributed by atoms with E-state index in [9.17, 15) is 18.4 Å². The van der Waals surface area contributed by atoms with Crippen LogP contribution in [0.2, 0.25) is 15.1 Å². The minimum Gasteiger partial charge on any atom is -0.326 e. The number of alkyl halides is 2. The van der Waals surface area contributed by atoms with Crippen molar-refractivity contribution in [3.63, 3.8) is 0 Å². The zero-order valence-corrected chi connectivity index (χ0v) is 21.7. The minimum atomic E-state index is -1.39. The lowest BCUT2D eigenvalue weighted by molar-refractivity contribution is -0.117. The smallest absolute Gasteiger partial charge is 0.258 e. The van der Waals surface area contributed by atoms with Crippen molar-refractivity contribution in [2.24, 2.45) is 5.92 Å². The number of pyridine rings is 1. The minimum absolute atomic E-state index is 0.0346. The van der Waals surface area contributed by atoms with E-state index >= 15 is 0 Å². The van der Waals surface area contributed by atoms with E-state index in [4.69, 9.17) is 58.0 Å². The summed E-state index contributed by atoms with van der Waals surface area (Å²) < 4.78 is 25.7. The van der Waals surface area contributed by atoms with Crippen molar-refractivity contribution in [3.8, 4) is 0 Å². The molecule has 2 atom stereocenters. The van der Waals surface area contributed by atoms with Crippen LogP contribution in [0.4, 0.5) is 20.3 Å². The first kappa shape index (κ1) is 26.6. The lowest BCUT2D eigenvalue weighted by atomic mass is 10.1. The number of nitrogens with one attached hydrogen (secondary N) is 2. The largest absolute Gasteiger partial charge is 0.326 e. The van der Waals surface area contributed by atoms with Crippen molar-refractivity contribution < 1.29 is 18.4 Å². The van der Waals surface area contributed by atoms with Gasteiger partial charge in [0.05, 0.1) is 22.1 Å². The van der Waals surface area contributed by atoms with Crippen molar-refractivity contribution >= 4 is 87.2 Å². The van der Waals surface area contributed by atoms with Crippen LogP contribution in [0.15, 0.2) is 55.1 Å². The lowest BCUT2D eigenvalue weighted by Crippen LogP contribution is -2.18. The van der Waals surface area contributed by atoms with E-state index in [0.717, 1.165) is 6.07 Å². The first-order valence-corrected chi connectivity index (χ1v) is 12.0. The van der Waals surface area contributed by atoms with Crippen LogP contribution in [0.1, 0.15) is 27.4 Å². The maximum Gasteiger partial charge on any atom is 0.258 e. The summed E-state index contributed by atoms with van der Waals surface area (Å²) in [6, 6.07) is 11.3. The van der Waals surface area contributed by atoms with Gasteiger partial charge in [0.2, 0.25) is 11.9 Å². The van der Waals surface area contributed by atoms with E-state index < -0.39 is 45.3 Å². The summed E-state index contributed by atoms with van der Waals surface area (Å²) >= 11 is 31.0. The molecule has 2 N–H and O–H groups in total. The fourth-order valence-electron chi connectivity index (χ4n) is 3.71. The predicted molar refractivity (Wildman–Crippen MR) is 140 cm³/mol. The Labute approximate surface area is 229 Å². The SMILES string of the molecule is C=C(F)c1ccc(NC(=O)c2cc(NC(=O)[C@H]3[C@H](c4cc(Cl)cc(Cl)c4)C3(Cl)Cl)ccc2Cl)nc1F. The Balaban J connectivity index is 1.50. The normalized spacial score (nSPS) is 17.9. The number of carbonyl (C=O) groups excluding carboxylic acids is 2. The number of carbonyl (C=O) groups is 2. The number of anilines is 2. The van der Waals surface area contributed by atoms with Crippen LogP contribution < -0.4 is 10.6 Å². The van der Waals surface area contributed by atoms with Gasteiger partial charge >= 0.3 is 0 Å². The topological polar surface area (TPSA) is 71.1 Å². The molecule has 1 saturated carbocycles. The van der Waals surface area contributed by atoms with Gasteiger partial charge in [0.1, 0.15) is 16.0 Å². The van der Waals surface area contributed by atoms with Gasteiger partial charge in [-0.2, -0.15) is 4.39 Å². The molecule has 0 aliphatic heterocycles. The zero-order valence-electron chi connectivity index (χ0n) is 17.9. The quantitative estimate of drug-likeness (QED) is 0.226. The van der Waals surface area contributed by atoms with Gasteiger partial charge in [-0.05, 0) is 54.1 Å². The van der Waals surface area contributed by atoms with Crippen LogP contribution in [0.5, 0.6) is 0 Å². The van der Waals surface area contributed by atoms with Crippen molar-refractivity contribution in [3.05, 3.63) is 92.8 Å². The number of rotatable bonds is 6. The predicted octanol–water partition coefficient (Wildman–Crippen LogP) is 7.90. The van der Waals surface area contributed by atoms with E-state index in [0.29, 0.717) is 15.6 Å². The molecule has 0 saturated heterocycles. The van der Waals surface area contributed by atoms with Crippen LogP contribution >= 0.6 is 58.0 Å². The molecule has 2 amide bonds. The highest BCUT2D eigenvalue weighted by Gasteiger charge is 2.67. The Morgan fingerprint density at radius 2 is 1.61 bits per heavy atom. The third-order valence-corrected chi connectivity index (χ3v) is 7.15. The van der Waals surface area contributed by atoms with Gasteiger partial charge in [0.15, 0.2) is 0 Å². The van der Waals surface area contributed by atoms with Gasteiger partial charge in [0, 0.05) is 21.7 Å². The fraction of sp³-hybridized carbons (Fsp3) is 0.125. The van der Waals surface area contributed by atoms with Gasteiger partial charge < -0.3 is 10.6 Å². The molecule has 0 bridgehead atoms. The van der Waals surface area contributed by atoms with Gasteiger partial charge in [-0.3, -0.25) is 9.59 Å². The molecule has 3 aromatic rings. The van der Waals surface area contributed by atoms with Crippen molar-refractivity contribution in [2.45, 2.75) is 10.3 Å².